The quantitative estimate of drug-likeness (QED) is 0.544. The monoisotopic (exact) mass is 414 g/mol. The molecule has 4 nitrogen and oxygen atoms in total. The van der Waals surface area contributed by atoms with Crippen molar-refractivity contribution in [3.8, 4) is 0 Å². The summed E-state index contributed by atoms with van der Waals surface area (Å²) in [6, 6.07) is 3.51. The maximum absolute atomic E-state index is 13.2. The Morgan fingerprint density at radius 3 is 2.83 bits per heavy atom. The van der Waals surface area contributed by atoms with E-state index in [1.165, 1.54) is 0 Å². The average Bonchev–Trinajstić information content (AvgIpc) is 2.77. The van der Waals surface area contributed by atoms with Crippen LogP contribution in [0, 0.1) is 6.92 Å². The number of ketones is 1. The Kier molecular flexibility index (Phi) is 5.05. The molecular formula is C18H20BrClO4. The van der Waals surface area contributed by atoms with Crippen LogP contribution in [0.15, 0.2) is 16.6 Å². The van der Waals surface area contributed by atoms with Crippen LogP contribution in [0.1, 0.15) is 49.7 Å². The SMILES string of the molecule is CCOC1CCCCC12OC(=O)C(c1cc(C)c(Br)cc1Cl)C2=O. The Morgan fingerprint density at radius 1 is 1.38 bits per heavy atom. The first-order valence-electron chi connectivity index (χ1n) is 8.25. The van der Waals surface area contributed by atoms with Crippen LogP contribution in [0.2, 0.25) is 5.02 Å². The number of benzene rings is 1. The van der Waals surface area contributed by atoms with E-state index in [9.17, 15) is 9.59 Å². The minimum atomic E-state index is -1.15. The normalized spacial score (nSPS) is 30.0. The Hall–Kier alpha value is -0.910. The van der Waals surface area contributed by atoms with Gasteiger partial charge in [-0.25, -0.2) is 0 Å². The van der Waals surface area contributed by atoms with E-state index >= 15 is 0 Å². The molecule has 3 atom stereocenters. The van der Waals surface area contributed by atoms with Crippen LogP contribution >= 0.6 is 27.5 Å². The first-order valence-corrected chi connectivity index (χ1v) is 9.42. The zero-order chi connectivity index (χ0) is 17.5. The standard InChI is InChI=1S/C18H20BrClO4/c1-3-23-14-6-4-5-7-18(14)16(21)15(17(22)24-18)11-8-10(2)12(19)9-13(11)20/h8-9,14-15H,3-7H2,1-2H3. The van der Waals surface area contributed by atoms with E-state index in [1.54, 1.807) is 12.1 Å². The van der Waals surface area contributed by atoms with E-state index < -0.39 is 17.5 Å². The van der Waals surface area contributed by atoms with Gasteiger partial charge < -0.3 is 9.47 Å². The van der Waals surface area contributed by atoms with Gasteiger partial charge in [0.2, 0.25) is 0 Å². The van der Waals surface area contributed by atoms with Crippen LogP contribution in [0.4, 0.5) is 0 Å². The number of esters is 1. The van der Waals surface area contributed by atoms with E-state index in [4.69, 9.17) is 21.1 Å². The lowest BCUT2D eigenvalue weighted by atomic mass is 9.76. The predicted molar refractivity (Wildman–Crippen MR) is 94.3 cm³/mol. The highest BCUT2D eigenvalue weighted by Crippen LogP contribution is 2.46. The second-order valence-electron chi connectivity index (χ2n) is 6.42. The van der Waals surface area contributed by atoms with Crippen molar-refractivity contribution >= 4 is 39.3 Å². The molecule has 1 saturated heterocycles. The molecule has 130 valence electrons. The molecule has 1 aromatic carbocycles. The van der Waals surface area contributed by atoms with Gasteiger partial charge in [0.05, 0.1) is 0 Å². The first kappa shape index (κ1) is 17.9. The zero-order valence-electron chi connectivity index (χ0n) is 13.7. The Bertz CT molecular complexity index is 688. The van der Waals surface area contributed by atoms with Crippen LogP contribution < -0.4 is 0 Å². The lowest BCUT2D eigenvalue weighted by Crippen LogP contribution is -2.51. The molecule has 0 amide bonds. The maximum atomic E-state index is 13.2. The number of carbonyl (C=O) groups excluding carboxylic acids is 2. The lowest BCUT2D eigenvalue weighted by molar-refractivity contribution is -0.175. The number of Topliss-reactive ketones (excluding diaryl/α,β-unsaturated/α-hetero) is 1. The van der Waals surface area contributed by atoms with Gasteiger partial charge in [-0.05, 0) is 50.3 Å². The number of rotatable bonds is 3. The molecule has 24 heavy (non-hydrogen) atoms. The topological polar surface area (TPSA) is 52.6 Å². The van der Waals surface area contributed by atoms with Crippen LogP contribution in [0.3, 0.4) is 0 Å². The van der Waals surface area contributed by atoms with Crippen molar-refractivity contribution in [3.63, 3.8) is 0 Å². The van der Waals surface area contributed by atoms with Gasteiger partial charge in [-0.15, -0.1) is 0 Å². The average molecular weight is 416 g/mol. The van der Waals surface area contributed by atoms with E-state index in [1.807, 2.05) is 13.8 Å². The fourth-order valence-electron chi connectivity index (χ4n) is 3.74. The Balaban J connectivity index is 2.02. The molecule has 0 bridgehead atoms. The van der Waals surface area contributed by atoms with Gasteiger partial charge in [0.25, 0.3) is 0 Å². The number of halogens is 2. The van der Waals surface area contributed by atoms with Gasteiger partial charge in [0, 0.05) is 16.1 Å². The van der Waals surface area contributed by atoms with E-state index in [0.717, 1.165) is 29.3 Å². The smallest absolute Gasteiger partial charge is 0.322 e. The molecule has 0 radical (unpaired) electrons. The van der Waals surface area contributed by atoms with Crippen LogP contribution in [0.25, 0.3) is 0 Å². The number of carbonyl (C=O) groups is 2. The number of aryl methyl sites for hydroxylation is 1. The van der Waals surface area contributed by atoms with E-state index in [-0.39, 0.29) is 11.9 Å². The molecule has 1 heterocycles. The van der Waals surface area contributed by atoms with Gasteiger partial charge in [-0.1, -0.05) is 40.0 Å². The van der Waals surface area contributed by atoms with Crippen LogP contribution in [-0.4, -0.2) is 30.1 Å². The van der Waals surface area contributed by atoms with Crippen molar-refractivity contribution in [2.24, 2.45) is 0 Å². The molecule has 1 saturated carbocycles. The van der Waals surface area contributed by atoms with Crippen molar-refractivity contribution in [2.45, 2.75) is 57.2 Å². The molecule has 3 unspecified atom stereocenters. The summed E-state index contributed by atoms with van der Waals surface area (Å²) in [5.74, 6) is -1.70. The fourth-order valence-corrected chi connectivity index (χ4v) is 4.49. The summed E-state index contributed by atoms with van der Waals surface area (Å²) in [6.07, 6.45) is 2.70. The fraction of sp³-hybridized carbons (Fsp3) is 0.556. The molecule has 0 N–H and O–H groups in total. The lowest BCUT2D eigenvalue weighted by Gasteiger charge is -2.37. The van der Waals surface area contributed by atoms with Crippen molar-refractivity contribution in [1.29, 1.82) is 0 Å². The molecule has 1 aliphatic carbocycles. The summed E-state index contributed by atoms with van der Waals surface area (Å²) < 4.78 is 12.3. The highest BCUT2D eigenvalue weighted by atomic mass is 79.9. The third kappa shape index (κ3) is 2.80. The van der Waals surface area contributed by atoms with Crippen LogP contribution in [-0.2, 0) is 19.1 Å². The van der Waals surface area contributed by atoms with Gasteiger partial charge in [0.1, 0.15) is 12.0 Å². The maximum Gasteiger partial charge on any atom is 0.322 e. The second kappa shape index (κ2) is 6.77. The summed E-state index contributed by atoms with van der Waals surface area (Å²) >= 11 is 9.73. The van der Waals surface area contributed by atoms with Gasteiger partial charge >= 0.3 is 5.97 Å². The number of hydrogen-bond acceptors (Lipinski definition) is 4. The highest BCUT2D eigenvalue weighted by Gasteiger charge is 2.61. The summed E-state index contributed by atoms with van der Waals surface area (Å²) in [6.45, 7) is 4.27. The Labute approximate surface area is 155 Å². The molecule has 3 rings (SSSR count). The summed E-state index contributed by atoms with van der Waals surface area (Å²) in [5, 5.41) is 0.392. The van der Waals surface area contributed by atoms with Crippen molar-refractivity contribution < 1.29 is 19.1 Å². The summed E-state index contributed by atoms with van der Waals surface area (Å²) in [4.78, 5) is 25.8. The minimum Gasteiger partial charge on any atom is -0.447 e. The van der Waals surface area contributed by atoms with E-state index in [0.29, 0.717) is 23.6 Å². The first-order chi connectivity index (χ1) is 11.4. The minimum absolute atomic E-state index is 0.214. The highest BCUT2D eigenvalue weighted by molar-refractivity contribution is 9.10. The predicted octanol–water partition coefficient (Wildman–Crippen LogP) is 4.34. The molecule has 2 aliphatic rings. The third-order valence-corrected chi connectivity index (χ3v) is 6.12. The molecule has 1 aliphatic heterocycles. The van der Waals surface area contributed by atoms with Crippen molar-refractivity contribution in [3.05, 3.63) is 32.8 Å². The van der Waals surface area contributed by atoms with Gasteiger partial charge in [0.15, 0.2) is 11.4 Å². The molecular weight excluding hydrogens is 396 g/mol. The van der Waals surface area contributed by atoms with Gasteiger partial charge in [-0.2, -0.15) is 0 Å². The molecule has 0 aromatic heterocycles. The molecule has 1 aromatic rings. The molecule has 2 fully saturated rings. The van der Waals surface area contributed by atoms with Crippen LogP contribution in [0.5, 0.6) is 0 Å². The number of hydrogen-bond donors (Lipinski definition) is 0. The Morgan fingerprint density at radius 2 is 2.12 bits per heavy atom. The third-order valence-electron chi connectivity index (χ3n) is 4.94. The second-order valence-corrected chi connectivity index (χ2v) is 7.68. The van der Waals surface area contributed by atoms with Crippen molar-refractivity contribution in [1.82, 2.24) is 0 Å². The molecule has 6 heteroatoms. The summed E-state index contributed by atoms with van der Waals surface area (Å²) in [7, 11) is 0. The zero-order valence-corrected chi connectivity index (χ0v) is 16.1. The van der Waals surface area contributed by atoms with E-state index in [2.05, 4.69) is 15.9 Å². The molecule has 1 spiro atoms. The largest absolute Gasteiger partial charge is 0.447 e. The number of ether oxygens (including phenoxy) is 2. The van der Waals surface area contributed by atoms with Gasteiger partial charge in [-0.3, -0.25) is 9.59 Å². The summed E-state index contributed by atoms with van der Waals surface area (Å²) in [5.41, 5.74) is 0.284. The van der Waals surface area contributed by atoms with Crippen molar-refractivity contribution in [2.75, 3.05) is 6.61 Å².